The van der Waals surface area contributed by atoms with Crippen LogP contribution in [0.5, 0.6) is 17.2 Å². The molecule has 0 unspecified atom stereocenters. The number of methoxy groups -OCH3 is 1. The minimum absolute atomic E-state index is 0.0408. The fraction of sp³-hybridized carbons (Fsp3) is 0.500. The summed E-state index contributed by atoms with van der Waals surface area (Å²) in [4.78, 5) is 31.5. The first kappa shape index (κ1) is 32.6. The predicted octanol–water partition coefficient (Wildman–Crippen LogP) is 3.19. The van der Waals surface area contributed by atoms with Gasteiger partial charge in [0, 0.05) is 23.8 Å². The Bertz CT molecular complexity index is 1850. The minimum atomic E-state index is -1.11. The monoisotopic (exact) mass is 657 g/mol. The van der Waals surface area contributed by atoms with Crippen LogP contribution >= 0.6 is 0 Å². The van der Waals surface area contributed by atoms with E-state index >= 15 is 0 Å². The number of benzene rings is 2. The number of rotatable bonds is 8. The van der Waals surface area contributed by atoms with Crippen molar-refractivity contribution in [3.63, 3.8) is 0 Å². The zero-order valence-corrected chi connectivity index (χ0v) is 27.7. The topological polar surface area (TPSA) is 144 Å². The number of ketones is 1. The molecule has 0 spiro atoms. The number of hydrogen-bond acceptors (Lipinski definition) is 10. The number of aliphatic hydroxyl groups is 3. The van der Waals surface area contributed by atoms with Crippen LogP contribution in [0.1, 0.15) is 80.5 Å². The standard InChI is InChI=1S/C38H43NO9/c1-4-46-37(43)30-16-25(22-14-23(18-40)33(42)26(15-22)20-9-10-29-21(13-20)11-12-39-29)32-35(45-3)27-17-31(38(2,44)24-7-5-6-8-24)48-34(27)28(19-41)36(32)47-30/h9-11,13,16,23-24,26,31,40-41,44H,4-8,12,14-15,17-19H2,1-3H3/b25-22-/t23-,26-,31+,38+/m1/s1. The molecule has 0 radical (unpaired) electrons. The molecule has 254 valence electrons. The smallest absolute Gasteiger partial charge is 0.374 e. The predicted molar refractivity (Wildman–Crippen MR) is 176 cm³/mol. The van der Waals surface area contributed by atoms with E-state index in [4.69, 9.17) is 18.9 Å². The number of carbonyl (C=O) groups excluding carboxylic acids is 2. The summed E-state index contributed by atoms with van der Waals surface area (Å²) in [5.74, 6) is -0.834. The van der Waals surface area contributed by atoms with E-state index in [0.717, 1.165) is 47.4 Å². The molecule has 2 fully saturated rings. The molecule has 2 aromatic carbocycles. The molecule has 48 heavy (non-hydrogen) atoms. The van der Waals surface area contributed by atoms with Crippen LogP contribution in [0.15, 0.2) is 40.6 Å². The highest BCUT2D eigenvalue weighted by atomic mass is 16.6. The molecule has 10 heteroatoms. The highest BCUT2D eigenvalue weighted by Gasteiger charge is 2.48. The molecule has 3 aliphatic heterocycles. The molecule has 10 nitrogen and oxygen atoms in total. The van der Waals surface area contributed by atoms with E-state index in [1.165, 1.54) is 0 Å². The van der Waals surface area contributed by atoms with Crippen molar-refractivity contribution in [2.75, 3.05) is 26.9 Å². The van der Waals surface area contributed by atoms with Gasteiger partial charge in [-0.3, -0.25) is 9.79 Å². The molecule has 0 aromatic heterocycles. The van der Waals surface area contributed by atoms with Crippen LogP contribution < -0.4 is 24.8 Å². The lowest BCUT2D eigenvalue weighted by Gasteiger charge is -2.35. The van der Waals surface area contributed by atoms with Crippen LogP contribution in [0.25, 0.3) is 11.6 Å². The summed E-state index contributed by atoms with van der Waals surface area (Å²) >= 11 is 0. The summed E-state index contributed by atoms with van der Waals surface area (Å²) in [7, 11) is 1.56. The molecule has 0 amide bonds. The third-order valence-corrected chi connectivity index (χ3v) is 10.9. The second-order valence-corrected chi connectivity index (χ2v) is 13.7. The van der Waals surface area contributed by atoms with E-state index in [-0.39, 0.29) is 42.8 Å². The first-order valence-corrected chi connectivity index (χ1v) is 17.0. The van der Waals surface area contributed by atoms with Crippen LogP contribution in [0.4, 0.5) is 0 Å². The number of fused-ring (bicyclic) bond motifs is 3. The Hall–Kier alpha value is -3.99. The van der Waals surface area contributed by atoms with Crippen molar-refractivity contribution in [1.82, 2.24) is 0 Å². The number of hydrogen-bond donors (Lipinski definition) is 3. The fourth-order valence-electron chi connectivity index (χ4n) is 8.35. The molecular weight excluding hydrogens is 614 g/mol. The van der Waals surface area contributed by atoms with Gasteiger partial charge in [-0.25, -0.2) is 4.79 Å². The van der Waals surface area contributed by atoms with Crippen molar-refractivity contribution >= 4 is 23.4 Å². The molecule has 5 aliphatic rings. The van der Waals surface area contributed by atoms with Gasteiger partial charge in [0.25, 0.3) is 0 Å². The Morgan fingerprint density at radius 2 is 1.92 bits per heavy atom. The number of ether oxygens (including phenoxy) is 4. The number of nitrogens with zero attached hydrogens (tertiary/aromatic N) is 1. The van der Waals surface area contributed by atoms with Gasteiger partial charge in [0.05, 0.1) is 50.0 Å². The van der Waals surface area contributed by atoms with Gasteiger partial charge in [0.1, 0.15) is 34.7 Å². The van der Waals surface area contributed by atoms with E-state index in [1.54, 1.807) is 20.1 Å². The van der Waals surface area contributed by atoms with E-state index in [1.807, 2.05) is 31.2 Å². The normalized spacial score (nSPS) is 25.8. The maximum absolute atomic E-state index is 13.8. The lowest BCUT2D eigenvalue weighted by Crippen LogP contribution is -2.47. The average molecular weight is 658 g/mol. The van der Waals surface area contributed by atoms with Gasteiger partial charge in [0.2, 0.25) is 5.76 Å². The van der Waals surface area contributed by atoms with Crippen molar-refractivity contribution in [3.05, 3.63) is 68.4 Å². The minimum Gasteiger partial charge on any atom is -0.496 e. The molecule has 2 aliphatic carbocycles. The summed E-state index contributed by atoms with van der Waals surface area (Å²) in [6.45, 7) is 3.48. The van der Waals surface area contributed by atoms with Crippen molar-refractivity contribution in [3.8, 4) is 17.2 Å². The van der Waals surface area contributed by atoms with Crippen LogP contribution in [0.3, 0.4) is 0 Å². The molecule has 3 heterocycles. The van der Waals surface area contributed by atoms with Crippen molar-refractivity contribution in [2.45, 2.75) is 83.0 Å². The Labute approximate surface area is 279 Å². The molecule has 4 atom stereocenters. The first-order valence-electron chi connectivity index (χ1n) is 17.0. The molecule has 3 N–H and O–H groups in total. The van der Waals surface area contributed by atoms with Crippen molar-refractivity contribution in [2.24, 2.45) is 16.8 Å². The van der Waals surface area contributed by atoms with Crippen LogP contribution in [0, 0.1) is 11.8 Å². The van der Waals surface area contributed by atoms with E-state index in [2.05, 4.69) is 4.99 Å². The summed E-state index contributed by atoms with van der Waals surface area (Å²) in [6, 6.07) is 5.85. The quantitative estimate of drug-likeness (QED) is 0.365. The molecule has 7 rings (SSSR count). The zero-order valence-electron chi connectivity index (χ0n) is 27.7. The number of esters is 1. The number of allylic oxidation sites excluding steroid dienone is 3. The molecule has 0 bridgehead atoms. The lowest BCUT2D eigenvalue weighted by molar-refractivity contribution is -0.141. The molecule has 2 saturated carbocycles. The average Bonchev–Trinajstić information content (AvgIpc) is 3.88. The van der Waals surface area contributed by atoms with Gasteiger partial charge in [0.15, 0.2) is 0 Å². The second kappa shape index (κ2) is 12.8. The van der Waals surface area contributed by atoms with Gasteiger partial charge in [-0.05, 0) is 80.0 Å². The Balaban J connectivity index is 1.40. The van der Waals surface area contributed by atoms with Gasteiger partial charge in [-0.15, -0.1) is 0 Å². The summed E-state index contributed by atoms with van der Waals surface area (Å²) < 4.78 is 24.2. The molecule has 0 saturated heterocycles. The SMILES string of the molecule is CCOC(=O)C1=C/C(=C2\C[C@H](CO)C(=O)[C@@H](c3ccc4c(c3)=CCN=4)C2)c2c(OC)c3c(c(CO)c2O1)O[C@H]([C@@](C)(O)C1CCCC1)C3. The van der Waals surface area contributed by atoms with Crippen LogP contribution in [0.2, 0.25) is 0 Å². The Morgan fingerprint density at radius 1 is 1.12 bits per heavy atom. The van der Waals surface area contributed by atoms with Crippen molar-refractivity contribution in [1.29, 1.82) is 0 Å². The lowest BCUT2D eigenvalue weighted by atomic mass is 9.72. The summed E-state index contributed by atoms with van der Waals surface area (Å²) in [5.41, 5.74) is 2.78. The number of carbonyl (C=O) groups is 2. The summed E-state index contributed by atoms with van der Waals surface area (Å²) in [6.07, 6.45) is 8.00. The van der Waals surface area contributed by atoms with E-state index in [9.17, 15) is 24.9 Å². The van der Waals surface area contributed by atoms with E-state index < -0.39 is 36.1 Å². The first-order chi connectivity index (χ1) is 23.2. The largest absolute Gasteiger partial charge is 0.496 e. The van der Waals surface area contributed by atoms with Crippen LogP contribution in [-0.2, 0) is 27.4 Å². The summed E-state index contributed by atoms with van der Waals surface area (Å²) in [5, 5.41) is 34.9. The highest BCUT2D eigenvalue weighted by Crippen LogP contribution is 2.56. The number of aliphatic hydroxyl groups excluding tert-OH is 2. The maximum atomic E-state index is 13.8. The van der Waals surface area contributed by atoms with Gasteiger partial charge in [-0.1, -0.05) is 30.6 Å². The van der Waals surface area contributed by atoms with Crippen molar-refractivity contribution < 1.29 is 43.9 Å². The maximum Gasteiger partial charge on any atom is 0.374 e. The Morgan fingerprint density at radius 3 is 2.62 bits per heavy atom. The zero-order chi connectivity index (χ0) is 33.7. The second-order valence-electron chi connectivity index (χ2n) is 13.7. The third-order valence-electron chi connectivity index (χ3n) is 10.9. The number of Topliss-reactive ketones (excluding diaryl/α,β-unsaturated/α-hetero) is 1. The molecule has 2 aromatic rings. The van der Waals surface area contributed by atoms with Gasteiger partial charge < -0.3 is 34.3 Å². The Kier molecular flexibility index (Phi) is 8.68. The van der Waals surface area contributed by atoms with Gasteiger partial charge >= 0.3 is 5.97 Å². The highest BCUT2D eigenvalue weighted by molar-refractivity contribution is 5.98. The fourth-order valence-corrected chi connectivity index (χ4v) is 8.35. The van der Waals surface area contributed by atoms with Crippen LogP contribution in [-0.4, -0.2) is 65.6 Å². The third kappa shape index (κ3) is 5.34. The van der Waals surface area contributed by atoms with E-state index in [0.29, 0.717) is 53.1 Å². The molecular formula is C38H43NO9. The van der Waals surface area contributed by atoms with Gasteiger partial charge in [-0.2, -0.15) is 0 Å².